The number of halogens is 1. The maximum absolute atomic E-state index is 12.6. The van der Waals surface area contributed by atoms with Gasteiger partial charge in [0.15, 0.2) is 5.65 Å². The number of imidazole rings is 1. The minimum Gasteiger partial charge on any atom is -0.379 e. The van der Waals surface area contributed by atoms with Crippen molar-refractivity contribution >= 4 is 28.7 Å². The summed E-state index contributed by atoms with van der Waals surface area (Å²) in [5.74, 6) is 0.108. The molecule has 28 heavy (non-hydrogen) atoms. The number of amides is 1. The summed E-state index contributed by atoms with van der Waals surface area (Å²) in [6, 6.07) is 11.5. The van der Waals surface area contributed by atoms with Gasteiger partial charge in [-0.25, -0.2) is 9.97 Å². The number of morpholine rings is 1. The third-order valence-electron chi connectivity index (χ3n) is 4.89. The van der Waals surface area contributed by atoms with Crippen LogP contribution in [0.15, 0.2) is 36.4 Å². The largest absolute Gasteiger partial charge is 0.379 e. The predicted molar refractivity (Wildman–Crippen MR) is 109 cm³/mol. The average molecular weight is 400 g/mol. The van der Waals surface area contributed by atoms with E-state index in [9.17, 15) is 4.79 Å². The van der Waals surface area contributed by atoms with Crippen molar-refractivity contribution < 1.29 is 9.53 Å². The number of carbonyl (C=O) groups is 1. The van der Waals surface area contributed by atoms with Gasteiger partial charge in [0.05, 0.1) is 29.4 Å². The van der Waals surface area contributed by atoms with Crippen LogP contribution in [-0.4, -0.2) is 64.7 Å². The lowest BCUT2D eigenvalue weighted by molar-refractivity contribution is 0.0383. The minimum atomic E-state index is -0.217. The summed E-state index contributed by atoms with van der Waals surface area (Å²) in [6.45, 7) is 4.64. The zero-order chi connectivity index (χ0) is 19.5. The Bertz CT molecular complexity index is 983. The van der Waals surface area contributed by atoms with Crippen LogP contribution < -0.4 is 5.32 Å². The first-order chi connectivity index (χ1) is 13.6. The van der Waals surface area contributed by atoms with Crippen molar-refractivity contribution in [1.29, 1.82) is 0 Å². The molecule has 3 heterocycles. The summed E-state index contributed by atoms with van der Waals surface area (Å²) in [5.41, 5.74) is 2.80. The van der Waals surface area contributed by atoms with Gasteiger partial charge in [-0.3, -0.25) is 9.69 Å². The molecule has 0 saturated carbocycles. The number of hydrogen-bond donors (Lipinski definition) is 1. The van der Waals surface area contributed by atoms with Gasteiger partial charge >= 0.3 is 0 Å². The highest BCUT2D eigenvalue weighted by Gasteiger charge is 2.19. The van der Waals surface area contributed by atoms with Crippen LogP contribution in [0, 0.1) is 0 Å². The number of pyridine rings is 1. The molecule has 1 aromatic carbocycles. The second kappa shape index (κ2) is 8.26. The Morgan fingerprint density at radius 3 is 2.71 bits per heavy atom. The first-order valence-corrected chi connectivity index (χ1v) is 9.68. The molecule has 0 atom stereocenters. The molecule has 1 amide bonds. The van der Waals surface area contributed by atoms with Crippen LogP contribution in [0.2, 0.25) is 5.02 Å². The number of rotatable bonds is 5. The molecule has 1 aliphatic rings. The molecule has 1 aliphatic heterocycles. The Morgan fingerprint density at radius 2 is 1.96 bits per heavy atom. The highest BCUT2D eigenvalue weighted by Crippen LogP contribution is 2.29. The maximum Gasteiger partial charge on any atom is 0.287 e. The number of aryl methyl sites for hydroxylation is 1. The van der Waals surface area contributed by atoms with Gasteiger partial charge in [0.2, 0.25) is 5.82 Å². The molecule has 3 aromatic rings. The zero-order valence-corrected chi connectivity index (χ0v) is 16.4. The Morgan fingerprint density at radius 1 is 1.21 bits per heavy atom. The standard InChI is InChI=1S/C20H22ClN5O2/c1-25-16-13-15(21)17(14-5-3-2-4-6-14)23-18(16)24-19(25)20(27)22-7-8-26-9-11-28-12-10-26/h2-6,13H,7-12H2,1H3,(H,22,27). The number of nitrogens with zero attached hydrogens (tertiary/aromatic N) is 4. The highest BCUT2D eigenvalue weighted by atomic mass is 35.5. The maximum atomic E-state index is 12.6. The molecule has 0 aliphatic carbocycles. The van der Waals surface area contributed by atoms with Crippen molar-refractivity contribution in [3.8, 4) is 11.3 Å². The topological polar surface area (TPSA) is 72.3 Å². The Labute approximate surface area is 168 Å². The number of benzene rings is 1. The number of ether oxygens (including phenoxy) is 1. The Kier molecular flexibility index (Phi) is 5.57. The fourth-order valence-corrected chi connectivity index (χ4v) is 3.58. The van der Waals surface area contributed by atoms with E-state index >= 15 is 0 Å². The molecular weight excluding hydrogens is 378 g/mol. The molecule has 4 rings (SSSR count). The van der Waals surface area contributed by atoms with Crippen molar-refractivity contribution in [2.45, 2.75) is 0 Å². The van der Waals surface area contributed by atoms with Gasteiger partial charge in [-0.05, 0) is 6.07 Å². The van der Waals surface area contributed by atoms with Crippen molar-refractivity contribution in [3.05, 3.63) is 47.2 Å². The first-order valence-electron chi connectivity index (χ1n) is 9.30. The number of carbonyl (C=O) groups excluding carboxylic acids is 1. The summed E-state index contributed by atoms with van der Waals surface area (Å²) < 4.78 is 7.07. The Balaban J connectivity index is 1.52. The SMILES string of the molecule is Cn1c(C(=O)NCCN2CCOCC2)nc2nc(-c3ccccc3)c(Cl)cc21. The molecule has 0 bridgehead atoms. The smallest absolute Gasteiger partial charge is 0.287 e. The van der Waals surface area contributed by atoms with E-state index in [-0.39, 0.29) is 5.91 Å². The third kappa shape index (κ3) is 3.87. The summed E-state index contributed by atoms with van der Waals surface area (Å²) in [4.78, 5) is 23.9. The molecule has 2 aromatic heterocycles. The van der Waals surface area contributed by atoms with Crippen molar-refractivity contribution in [1.82, 2.24) is 24.8 Å². The van der Waals surface area contributed by atoms with Gasteiger partial charge in [0.25, 0.3) is 5.91 Å². The van der Waals surface area contributed by atoms with Crippen molar-refractivity contribution in [2.24, 2.45) is 7.05 Å². The van der Waals surface area contributed by atoms with Gasteiger partial charge in [-0.1, -0.05) is 41.9 Å². The van der Waals surface area contributed by atoms with Crippen molar-refractivity contribution in [3.63, 3.8) is 0 Å². The van der Waals surface area contributed by atoms with E-state index < -0.39 is 0 Å². The van der Waals surface area contributed by atoms with E-state index in [2.05, 4.69) is 20.2 Å². The van der Waals surface area contributed by atoms with E-state index in [0.29, 0.717) is 28.7 Å². The van der Waals surface area contributed by atoms with Crippen LogP contribution in [0.1, 0.15) is 10.6 Å². The van der Waals surface area contributed by atoms with Gasteiger partial charge < -0.3 is 14.6 Å². The van der Waals surface area contributed by atoms with Crippen LogP contribution in [-0.2, 0) is 11.8 Å². The molecular formula is C20H22ClN5O2. The zero-order valence-electron chi connectivity index (χ0n) is 15.7. The quantitative estimate of drug-likeness (QED) is 0.713. The second-order valence-electron chi connectivity index (χ2n) is 6.73. The average Bonchev–Trinajstić information content (AvgIpc) is 3.04. The lowest BCUT2D eigenvalue weighted by Crippen LogP contribution is -2.41. The van der Waals surface area contributed by atoms with E-state index in [1.807, 2.05) is 36.4 Å². The monoisotopic (exact) mass is 399 g/mol. The van der Waals surface area contributed by atoms with Crippen LogP contribution in [0.5, 0.6) is 0 Å². The molecule has 8 heteroatoms. The summed E-state index contributed by atoms with van der Waals surface area (Å²) >= 11 is 6.45. The fraction of sp³-hybridized carbons (Fsp3) is 0.350. The summed E-state index contributed by atoms with van der Waals surface area (Å²) in [6.07, 6.45) is 0. The van der Waals surface area contributed by atoms with Gasteiger partial charge in [0, 0.05) is 38.8 Å². The van der Waals surface area contributed by atoms with Crippen LogP contribution in [0.4, 0.5) is 0 Å². The van der Waals surface area contributed by atoms with Gasteiger partial charge in [0.1, 0.15) is 0 Å². The summed E-state index contributed by atoms with van der Waals surface area (Å²) in [7, 11) is 1.80. The normalized spacial score (nSPS) is 15.1. The Hall–Kier alpha value is -2.48. The van der Waals surface area contributed by atoms with Crippen LogP contribution >= 0.6 is 11.6 Å². The van der Waals surface area contributed by atoms with E-state index in [1.165, 1.54) is 0 Å². The number of fused-ring (bicyclic) bond motifs is 1. The third-order valence-corrected chi connectivity index (χ3v) is 5.18. The molecule has 0 radical (unpaired) electrons. The molecule has 7 nitrogen and oxygen atoms in total. The molecule has 1 N–H and O–H groups in total. The van der Waals surface area contributed by atoms with Gasteiger partial charge in [-0.2, -0.15) is 0 Å². The van der Waals surface area contributed by atoms with E-state index in [1.54, 1.807) is 11.6 Å². The fourth-order valence-electron chi connectivity index (χ4n) is 3.32. The first kappa shape index (κ1) is 18.9. The van der Waals surface area contributed by atoms with Gasteiger partial charge in [-0.15, -0.1) is 0 Å². The number of hydrogen-bond acceptors (Lipinski definition) is 5. The minimum absolute atomic E-state index is 0.217. The van der Waals surface area contributed by atoms with Crippen LogP contribution in [0.25, 0.3) is 22.4 Å². The number of aromatic nitrogens is 3. The van der Waals surface area contributed by atoms with Crippen LogP contribution in [0.3, 0.4) is 0 Å². The molecule has 0 unspecified atom stereocenters. The molecule has 1 fully saturated rings. The van der Waals surface area contributed by atoms with E-state index in [4.69, 9.17) is 16.3 Å². The second-order valence-corrected chi connectivity index (χ2v) is 7.14. The highest BCUT2D eigenvalue weighted by molar-refractivity contribution is 6.33. The lowest BCUT2D eigenvalue weighted by Gasteiger charge is -2.26. The molecule has 146 valence electrons. The van der Waals surface area contributed by atoms with E-state index in [0.717, 1.165) is 43.9 Å². The van der Waals surface area contributed by atoms with Crippen molar-refractivity contribution in [2.75, 3.05) is 39.4 Å². The summed E-state index contributed by atoms with van der Waals surface area (Å²) in [5, 5.41) is 3.47. The number of nitrogens with one attached hydrogen (secondary N) is 1. The predicted octanol–water partition coefficient (Wildman–Crippen LogP) is 2.35. The molecule has 0 spiro atoms. The lowest BCUT2D eigenvalue weighted by atomic mass is 10.1. The molecule has 1 saturated heterocycles.